The van der Waals surface area contributed by atoms with Crippen molar-refractivity contribution in [3.05, 3.63) is 40.9 Å². The minimum absolute atomic E-state index is 0.112. The van der Waals surface area contributed by atoms with Crippen molar-refractivity contribution in [2.45, 2.75) is 4.90 Å². The second kappa shape index (κ2) is 8.47. The van der Waals surface area contributed by atoms with Crippen LogP contribution in [0.1, 0.15) is 10.4 Å². The molecule has 0 spiro atoms. The molecule has 0 unspecified atom stereocenters. The van der Waals surface area contributed by atoms with Crippen LogP contribution >= 0.6 is 11.6 Å². The lowest BCUT2D eigenvalue weighted by Gasteiger charge is -2.14. The van der Waals surface area contributed by atoms with E-state index >= 15 is 0 Å². The molecule has 0 bridgehead atoms. The van der Waals surface area contributed by atoms with E-state index < -0.39 is 15.9 Å². The summed E-state index contributed by atoms with van der Waals surface area (Å²) in [5.41, 5.74) is 0.429. The van der Waals surface area contributed by atoms with E-state index in [0.717, 1.165) is 0 Å². The molecule has 0 fully saturated rings. The molecule has 10 heteroatoms. The van der Waals surface area contributed by atoms with Crippen LogP contribution in [-0.4, -0.2) is 42.7 Å². The lowest BCUT2D eigenvalue weighted by atomic mass is 10.2. The molecule has 0 saturated carbocycles. The van der Waals surface area contributed by atoms with Gasteiger partial charge in [-0.15, -0.1) is 0 Å². The first-order valence-corrected chi connectivity index (χ1v) is 9.48. The highest BCUT2D eigenvalue weighted by molar-refractivity contribution is 7.89. The fourth-order valence-corrected chi connectivity index (χ4v) is 3.44. The topological polar surface area (TPSA) is 103 Å². The van der Waals surface area contributed by atoms with Crippen molar-refractivity contribution >= 4 is 33.2 Å². The lowest BCUT2D eigenvalue weighted by Crippen LogP contribution is -2.20. The average Bonchev–Trinajstić information content (AvgIpc) is 2.68. The quantitative estimate of drug-likeness (QED) is 0.721. The van der Waals surface area contributed by atoms with Crippen molar-refractivity contribution in [2.75, 3.05) is 33.7 Å². The number of halogens is 1. The first-order chi connectivity index (χ1) is 12.8. The van der Waals surface area contributed by atoms with E-state index in [-0.39, 0.29) is 16.2 Å². The number of ether oxygens (including phenoxy) is 3. The lowest BCUT2D eigenvalue weighted by molar-refractivity contribution is 0.102. The zero-order valence-corrected chi connectivity index (χ0v) is 16.7. The summed E-state index contributed by atoms with van der Waals surface area (Å²) >= 11 is 6.05. The van der Waals surface area contributed by atoms with Crippen LogP contribution in [0.4, 0.5) is 5.69 Å². The Bertz CT molecular complexity index is 962. The van der Waals surface area contributed by atoms with E-state index in [1.165, 1.54) is 58.7 Å². The monoisotopic (exact) mass is 414 g/mol. The molecular weight excluding hydrogens is 396 g/mol. The number of benzene rings is 2. The van der Waals surface area contributed by atoms with E-state index in [4.69, 9.17) is 25.8 Å². The van der Waals surface area contributed by atoms with Gasteiger partial charge in [0.1, 0.15) is 22.1 Å². The van der Waals surface area contributed by atoms with Crippen LogP contribution in [0.2, 0.25) is 5.02 Å². The molecule has 0 aliphatic heterocycles. The molecule has 0 atom stereocenters. The van der Waals surface area contributed by atoms with Gasteiger partial charge in [0, 0.05) is 17.7 Å². The molecule has 0 radical (unpaired) electrons. The van der Waals surface area contributed by atoms with Gasteiger partial charge in [-0.25, -0.2) is 13.1 Å². The highest BCUT2D eigenvalue weighted by Gasteiger charge is 2.21. The smallest absolute Gasteiger partial charge is 0.255 e. The molecule has 2 aromatic carbocycles. The van der Waals surface area contributed by atoms with Gasteiger partial charge < -0.3 is 19.5 Å². The second-order valence-electron chi connectivity index (χ2n) is 5.21. The average molecular weight is 415 g/mol. The third-order valence-corrected chi connectivity index (χ3v) is 5.44. The summed E-state index contributed by atoms with van der Waals surface area (Å²) in [6, 6.07) is 7.08. The Labute approximate surface area is 162 Å². The van der Waals surface area contributed by atoms with Crippen LogP contribution in [0.5, 0.6) is 17.2 Å². The van der Waals surface area contributed by atoms with Crippen LogP contribution in [0.25, 0.3) is 0 Å². The number of hydrogen-bond donors (Lipinski definition) is 2. The Hall–Kier alpha value is -2.49. The van der Waals surface area contributed by atoms with Crippen molar-refractivity contribution in [1.29, 1.82) is 0 Å². The molecule has 0 heterocycles. The normalized spacial score (nSPS) is 11.0. The first-order valence-electron chi connectivity index (χ1n) is 7.61. The van der Waals surface area contributed by atoms with Crippen molar-refractivity contribution in [3.63, 3.8) is 0 Å². The molecule has 2 N–H and O–H groups in total. The number of anilines is 1. The van der Waals surface area contributed by atoms with E-state index in [9.17, 15) is 13.2 Å². The van der Waals surface area contributed by atoms with Crippen LogP contribution in [0.3, 0.4) is 0 Å². The third-order valence-electron chi connectivity index (χ3n) is 3.71. The number of amides is 1. The number of rotatable bonds is 7. The SMILES string of the molecule is CNS(=O)(=O)c1cc(C(=O)Nc2cc(OC)c(Cl)cc2OC)ccc1OC. The predicted octanol–water partition coefficient (Wildman–Crippen LogP) is 2.53. The van der Waals surface area contributed by atoms with Crippen molar-refractivity contribution in [1.82, 2.24) is 4.72 Å². The molecule has 27 heavy (non-hydrogen) atoms. The maximum Gasteiger partial charge on any atom is 0.255 e. The van der Waals surface area contributed by atoms with Gasteiger partial charge in [-0.05, 0) is 25.2 Å². The van der Waals surface area contributed by atoms with Crippen LogP contribution in [0.15, 0.2) is 35.2 Å². The Kier molecular flexibility index (Phi) is 6.53. The zero-order chi connectivity index (χ0) is 20.2. The summed E-state index contributed by atoms with van der Waals surface area (Å²) in [5, 5.41) is 2.97. The van der Waals surface area contributed by atoms with Gasteiger partial charge in [0.2, 0.25) is 10.0 Å². The Morgan fingerprint density at radius 1 is 0.963 bits per heavy atom. The van der Waals surface area contributed by atoms with Gasteiger partial charge in [-0.2, -0.15) is 0 Å². The van der Waals surface area contributed by atoms with Crippen LogP contribution in [0, 0.1) is 0 Å². The van der Waals surface area contributed by atoms with Gasteiger partial charge in [0.25, 0.3) is 5.91 Å². The standard InChI is InChI=1S/C17H19ClN2O6S/c1-19-27(22,23)16-7-10(5-6-13(16)24-2)17(21)20-12-9-14(25-3)11(18)8-15(12)26-4/h5-9,19H,1-4H3,(H,20,21). The van der Waals surface area contributed by atoms with Gasteiger partial charge in [-0.1, -0.05) is 11.6 Å². The van der Waals surface area contributed by atoms with Crippen LogP contribution < -0.4 is 24.2 Å². The molecule has 0 aliphatic carbocycles. The van der Waals surface area contributed by atoms with Gasteiger partial charge in [0.15, 0.2) is 0 Å². The Morgan fingerprint density at radius 3 is 2.15 bits per heavy atom. The number of carbonyl (C=O) groups is 1. The first kappa shape index (κ1) is 20.8. The summed E-state index contributed by atoms with van der Waals surface area (Å²) in [4.78, 5) is 12.5. The number of nitrogens with one attached hydrogen (secondary N) is 2. The van der Waals surface area contributed by atoms with Gasteiger partial charge in [0.05, 0.1) is 32.0 Å². The molecule has 2 rings (SSSR count). The molecule has 8 nitrogen and oxygen atoms in total. The third kappa shape index (κ3) is 4.44. The Morgan fingerprint density at radius 2 is 1.59 bits per heavy atom. The molecular formula is C17H19ClN2O6S. The molecule has 1 amide bonds. The highest BCUT2D eigenvalue weighted by atomic mass is 35.5. The maximum atomic E-state index is 12.6. The molecule has 146 valence electrons. The molecule has 2 aromatic rings. The molecule has 0 saturated heterocycles. The van der Waals surface area contributed by atoms with E-state index in [0.29, 0.717) is 22.2 Å². The maximum absolute atomic E-state index is 12.6. The summed E-state index contributed by atoms with van der Waals surface area (Å²) in [5.74, 6) is 0.242. The highest BCUT2D eigenvalue weighted by Crippen LogP contribution is 2.36. The Balaban J connectivity index is 2.44. The summed E-state index contributed by atoms with van der Waals surface area (Å²) in [6.45, 7) is 0. The molecule has 0 aromatic heterocycles. The molecule has 0 aliphatic rings. The fraction of sp³-hybridized carbons (Fsp3) is 0.235. The number of sulfonamides is 1. The number of methoxy groups -OCH3 is 3. The largest absolute Gasteiger partial charge is 0.495 e. The van der Waals surface area contributed by atoms with Crippen molar-refractivity contribution in [3.8, 4) is 17.2 Å². The van der Waals surface area contributed by atoms with E-state index in [1.807, 2.05) is 0 Å². The van der Waals surface area contributed by atoms with Gasteiger partial charge >= 0.3 is 0 Å². The zero-order valence-electron chi connectivity index (χ0n) is 15.1. The minimum Gasteiger partial charge on any atom is -0.495 e. The van der Waals surface area contributed by atoms with Crippen LogP contribution in [-0.2, 0) is 10.0 Å². The van der Waals surface area contributed by atoms with Crippen molar-refractivity contribution < 1.29 is 27.4 Å². The summed E-state index contributed by atoms with van der Waals surface area (Å²) < 4.78 is 41.9. The second-order valence-corrected chi connectivity index (χ2v) is 7.48. The number of carbonyl (C=O) groups excluding carboxylic acids is 1. The summed E-state index contributed by atoms with van der Waals surface area (Å²) in [6.07, 6.45) is 0. The van der Waals surface area contributed by atoms with E-state index in [2.05, 4.69) is 10.0 Å². The predicted molar refractivity (Wildman–Crippen MR) is 102 cm³/mol. The van der Waals surface area contributed by atoms with E-state index in [1.54, 1.807) is 0 Å². The fourth-order valence-electron chi connectivity index (χ4n) is 2.29. The minimum atomic E-state index is -3.82. The van der Waals surface area contributed by atoms with Gasteiger partial charge in [-0.3, -0.25) is 4.79 Å². The summed E-state index contributed by atoms with van der Waals surface area (Å²) in [7, 11) is 1.67. The van der Waals surface area contributed by atoms with Crippen molar-refractivity contribution in [2.24, 2.45) is 0 Å². The number of hydrogen-bond acceptors (Lipinski definition) is 6.